The van der Waals surface area contributed by atoms with E-state index in [2.05, 4.69) is 52.4 Å². The molecule has 1 atom stereocenters. The summed E-state index contributed by atoms with van der Waals surface area (Å²) in [6, 6.07) is 11.6. The quantitative estimate of drug-likeness (QED) is 0.791. The van der Waals surface area contributed by atoms with Gasteiger partial charge in [-0.3, -0.25) is 0 Å². The van der Waals surface area contributed by atoms with E-state index in [4.69, 9.17) is 0 Å². The molecule has 1 aromatic carbocycles. The largest absolute Gasteiger partial charge is 0.314 e. The SMILES string of the molecule is CC(CNC1CCN(CCc2ccccc2)CC1)CN1CCCC1. The molecule has 1 unspecified atom stereocenters. The Kier molecular flexibility index (Phi) is 7.13. The Bertz CT molecular complexity index is 447. The van der Waals surface area contributed by atoms with Crippen molar-refractivity contribution in [3.8, 4) is 0 Å². The van der Waals surface area contributed by atoms with Gasteiger partial charge in [-0.25, -0.2) is 0 Å². The number of hydrogen-bond acceptors (Lipinski definition) is 3. The van der Waals surface area contributed by atoms with Crippen molar-refractivity contribution in [1.82, 2.24) is 15.1 Å². The van der Waals surface area contributed by atoms with Gasteiger partial charge in [0.25, 0.3) is 0 Å². The zero-order valence-electron chi connectivity index (χ0n) is 15.4. The summed E-state index contributed by atoms with van der Waals surface area (Å²) in [5.41, 5.74) is 1.47. The van der Waals surface area contributed by atoms with Crippen LogP contribution in [0.5, 0.6) is 0 Å². The smallest absolute Gasteiger partial charge is 0.00915 e. The van der Waals surface area contributed by atoms with Crippen LogP contribution in [0.3, 0.4) is 0 Å². The van der Waals surface area contributed by atoms with E-state index in [0.717, 1.165) is 12.0 Å². The summed E-state index contributed by atoms with van der Waals surface area (Å²) < 4.78 is 0. The van der Waals surface area contributed by atoms with Crippen molar-refractivity contribution in [2.24, 2.45) is 5.92 Å². The first kappa shape index (κ1) is 17.9. The van der Waals surface area contributed by atoms with Crippen molar-refractivity contribution in [2.45, 2.75) is 45.1 Å². The molecule has 0 radical (unpaired) electrons. The molecule has 3 heteroatoms. The van der Waals surface area contributed by atoms with Gasteiger partial charge >= 0.3 is 0 Å². The van der Waals surface area contributed by atoms with E-state index in [1.807, 2.05) is 0 Å². The van der Waals surface area contributed by atoms with E-state index in [1.165, 1.54) is 83.5 Å². The molecule has 0 spiro atoms. The third-order valence-corrected chi connectivity index (χ3v) is 5.67. The maximum atomic E-state index is 3.84. The van der Waals surface area contributed by atoms with Crippen LogP contribution in [0, 0.1) is 5.92 Å². The van der Waals surface area contributed by atoms with Crippen molar-refractivity contribution in [3.05, 3.63) is 35.9 Å². The average molecular weight is 330 g/mol. The molecule has 2 aliphatic rings. The second-order valence-corrected chi connectivity index (χ2v) is 7.87. The predicted octanol–water partition coefficient (Wildman–Crippen LogP) is 3.02. The number of hydrogen-bond donors (Lipinski definition) is 1. The van der Waals surface area contributed by atoms with Crippen molar-refractivity contribution in [1.29, 1.82) is 0 Å². The van der Waals surface area contributed by atoms with Gasteiger partial charge in [0.2, 0.25) is 0 Å². The molecule has 0 bridgehead atoms. The maximum absolute atomic E-state index is 3.84. The molecule has 1 N–H and O–H groups in total. The third-order valence-electron chi connectivity index (χ3n) is 5.67. The Balaban J connectivity index is 1.27. The molecule has 2 aliphatic heterocycles. The Morgan fingerprint density at radius 3 is 2.42 bits per heavy atom. The molecule has 2 saturated heterocycles. The number of rotatable bonds is 8. The van der Waals surface area contributed by atoms with Gasteiger partial charge in [-0.2, -0.15) is 0 Å². The predicted molar refractivity (Wildman–Crippen MR) is 102 cm³/mol. The molecular weight excluding hydrogens is 294 g/mol. The highest BCUT2D eigenvalue weighted by molar-refractivity contribution is 5.14. The van der Waals surface area contributed by atoms with Gasteiger partial charge in [0.05, 0.1) is 0 Å². The highest BCUT2D eigenvalue weighted by Gasteiger charge is 2.20. The second-order valence-electron chi connectivity index (χ2n) is 7.87. The number of nitrogens with zero attached hydrogens (tertiary/aromatic N) is 2. The number of benzene rings is 1. The fourth-order valence-electron chi connectivity index (χ4n) is 4.13. The van der Waals surface area contributed by atoms with E-state index in [0.29, 0.717) is 0 Å². The minimum absolute atomic E-state index is 0.735. The molecule has 0 aliphatic carbocycles. The molecule has 24 heavy (non-hydrogen) atoms. The summed E-state index contributed by atoms with van der Waals surface area (Å²) >= 11 is 0. The van der Waals surface area contributed by atoms with Crippen LogP contribution in [0.15, 0.2) is 30.3 Å². The highest BCUT2D eigenvalue weighted by Crippen LogP contribution is 2.13. The van der Waals surface area contributed by atoms with Crippen LogP contribution in [0.25, 0.3) is 0 Å². The van der Waals surface area contributed by atoms with E-state index in [-0.39, 0.29) is 0 Å². The van der Waals surface area contributed by atoms with E-state index >= 15 is 0 Å². The minimum atomic E-state index is 0.735. The zero-order valence-corrected chi connectivity index (χ0v) is 15.4. The van der Waals surface area contributed by atoms with Gasteiger partial charge in [0.15, 0.2) is 0 Å². The van der Waals surface area contributed by atoms with Crippen molar-refractivity contribution < 1.29 is 0 Å². The van der Waals surface area contributed by atoms with E-state index in [1.54, 1.807) is 0 Å². The first-order valence-corrected chi connectivity index (χ1v) is 10.0. The van der Waals surface area contributed by atoms with E-state index < -0.39 is 0 Å². The number of nitrogens with one attached hydrogen (secondary N) is 1. The van der Waals surface area contributed by atoms with Crippen LogP contribution in [-0.2, 0) is 6.42 Å². The summed E-state index contributed by atoms with van der Waals surface area (Å²) in [6.07, 6.45) is 6.62. The molecule has 0 amide bonds. The van der Waals surface area contributed by atoms with Crippen LogP contribution in [0.2, 0.25) is 0 Å². The van der Waals surface area contributed by atoms with Gasteiger partial charge < -0.3 is 15.1 Å². The van der Waals surface area contributed by atoms with Gasteiger partial charge in [-0.15, -0.1) is 0 Å². The Hall–Kier alpha value is -0.900. The lowest BCUT2D eigenvalue weighted by molar-refractivity contribution is 0.193. The molecule has 134 valence electrons. The fourth-order valence-corrected chi connectivity index (χ4v) is 4.13. The standard InChI is InChI=1S/C21H35N3/c1-19(18-24-12-5-6-13-24)17-22-21-10-15-23(16-11-21)14-9-20-7-3-2-4-8-20/h2-4,7-8,19,21-22H,5-6,9-18H2,1H3. The van der Waals surface area contributed by atoms with Crippen LogP contribution >= 0.6 is 0 Å². The summed E-state index contributed by atoms with van der Waals surface area (Å²) in [4.78, 5) is 5.28. The zero-order chi connectivity index (χ0) is 16.6. The first-order valence-electron chi connectivity index (χ1n) is 10.0. The summed E-state index contributed by atoms with van der Waals surface area (Å²) in [7, 11) is 0. The lowest BCUT2D eigenvalue weighted by Gasteiger charge is -2.33. The van der Waals surface area contributed by atoms with Crippen LogP contribution in [-0.4, -0.2) is 61.7 Å². The van der Waals surface area contributed by atoms with E-state index in [9.17, 15) is 0 Å². The van der Waals surface area contributed by atoms with Crippen molar-refractivity contribution in [3.63, 3.8) is 0 Å². The summed E-state index contributed by atoms with van der Waals surface area (Å²) in [6.45, 7) is 11.2. The molecule has 2 heterocycles. The summed E-state index contributed by atoms with van der Waals surface area (Å²) in [5, 5.41) is 3.84. The van der Waals surface area contributed by atoms with Crippen LogP contribution in [0.1, 0.15) is 38.2 Å². The Labute approximate surface area is 148 Å². The highest BCUT2D eigenvalue weighted by atomic mass is 15.2. The molecule has 3 nitrogen and oxygen atoms in total. The average Bonchev–Trinajstić information content (AvgIpc) is 3.13. The molecular formula is C21H35N3. The number of piperidine rings is 1. The Morgan fingerprint density at radius 1 is 1.00 bits per heavy atom. The van der Waals surface area contributed by atoms with Crippen LogP contribution in [0.4, 0.5) is 0 Å². The topological polar surface area (TPSA) is 18.5 Å². The van der Waals surface area contributed by atoms with Crippen molar-refractivity contribution >= 4 is 0 Å². The monoisotopic (exact) mass is 329 g/mol. The minimum Gasteiger partial charge on any atom is -0.314 e. The number of likely N-dealkylation sites (tertiary alicyclic amines) is 2. The summed E-state index contributed by atoms with van der Waals surface area (Å²) in [5.74, 6) is 0.777. The van der Waals surface area contributed by atoms with Crippen LogP contribution < -0.4 is 5.32 Å². The van der Waals surface area contributed by atoms with Crippen molar-refractivity contribution in [2.75, 3.05) is 45.8 Å². The fraction of sp³-hybridized carbons (Fsp3) is 0.714. The lowest BCUT2D eigenvalue weighted by atomic mass is 10.0. The Morgan fingerprint density at radius 2 is 1.71 bits per heavy atom. The second kappa shape index (κ2) is 9.55. The van der Waals surface area contributed by atoms with Gasteiger partial charge in [-0.05, 0) is 76.3 Å². The van der Waals surface area contributed by atoms with Gasteiger partial charge in [0, 0.05) is 19.1 Å². The molecule has 1 aromatic rings. The van der Waals surface area contributed by atoms with Gasteiger partial charge in [0.1, 0.15) is 0 Å². The molecule has 0 saturated carbocycles. The third kappa shape index (κ3) is 5.87. The molecule has 3 rings (SSSR count). The molecule has 0 aromatic heterocycles. The first-order chi connectivity index (χ1) is 11.8. The van der Waals surface area contributed by atoms with Gasteiger partial charge in [-0.1, -0.05) is 37.3 Å². The maximum Gasteiger partial charge on any atom is 0.00915 e. The lowest BCUT2D eigenvalue weighted by Crippen LogP contribution is -2.45. The molecule has 2 fully saturated rings. The normalized spacial score (nSPS) is 22.0.